The molecule has 0 aliphatic heterocycles. The zero-order valence-corrected chi connectivity index (χ0v) is 12.0. The summed E-state index contributed by atoms with van der Waals surface area (Å²) in [5, 5.41) is 0. The second-order valence-electron chi connectivity index (χ2n) is 5.67. The maximum Gasteiger partial charge on any atom is 0.0693 e. The molecule has 102 valence electrons. The van der Waals surface area contributed by atoms with Crippen LogP contribution in [0.4, 0.5) is 0 Å². The Hall–Kier alpha value is -0.900. The smallest absolute Gasteiger partial charge is 0.0693 e. The molecule has 0 aliphatic rings. The van der Waals surface area contributed by atoms with Crippen LogP contribution in [0, 0.1) is 0 Å². The van der Waals surface area contributed by atoms with Gasteiger partial charge >= 0.3 is 0 Å². The van der Waals surface area contributed by atoms with Crippen molar-refractivity contribution in [2.45, 2.75) is 45.6 Å². The summed E-state index contributed by atoms with van der Waals surface area (Å²) < 4.78 is 5.55. The van der Waals surface area contributed by atoms with Crippen molar-refractivity contribution >= 4 is 0 Å². The lowest BCUT2D eigenvalue weighted by atomic mass is 9.86. The maximum absolute atomic E-state index is 5.58. The number of hydrazine groups is 1. The second-order valence-corrected chi connectivity index (χ2v) is 5.67. The van der Waals surface area contributed by atoms with Crippen LogP contribution in [0.1, 0.15) is 51.3 Å². The molecular formula is C15H26N2O. The fourth-order valence-electron chi connectivity index (χ4n) is 1.80. The molecule has 3 nitrogen and oxygen atoms in total. The fraction of sp³-hybridized carbons (Fsp3) is 0.600. The average Bonchev–Trinajstić information content (AvgIpc) is 2.34. The van der Waals surface area contributed by atoms with Crippen LogP contribution in [-0.2, 0) is 10.2 Å². The Bertz CT molecular complexity index is 341. The molecule has 0 aromatic heterocycles. The summed E-state index contributed by atoms with van der Waals surface area (Å²) in [5.41, 5.74) is 5.49. The highest BCUT2D eigenvalue weighted by atomic mass is 16.5. The highest BCUT2D eigenvalue weighted by molar-refractivity contribution is 5.29. The molecule has 1 aromatic carbocycles. The third-order valence-corrected chi connectivity index (χ3v) is 3.01. The van der Waals surface area contributed by atoms with Crippen LogP contribution in [0.2, 0.25) is 0 Å². The number of hydrogen-bond donors (Lipinski definition) is 2. The Morgan fingerprint density at radius 2 is 1.83 bits per heavy atom. The van der Waals surface area contributed by atoms with Crippen molar-refractivity contribution < 1.29 is 4.74 Å². The molecule has 1 aromatic rings. The minimum atomic E-state index is 0.0607. The largest absolute Gasteiger partial charge is 0.379 e. The van der Waals surface area contributed by atoms with Crippen molar-refractivity contribution in [3.8, 4) is 0 Å². The molecule has 0 amide bonds. The van der Waals surface area contributed by atoms with Gasteiger partial charge in [0, 0.05) is 6.61 Å². The average molecular weight is 250 g/mol. The number of rotatable bonds is 6. The highest BCUT2D eigenvalue weighted by Gasteiger charge is 2.15. The summed E-state index contributed by atoms with van der Waals surface area (Å²) in [6, 6.07) is 8.64. The summed E-state index contributed by atoms with van der Waals surface area (Å²) in [4.78, 5) is 0. The van der Waals surface area contributed by atoms with Crippen LogP contribution in [0.3, 0.4) is 0 Å². The molecule has 0 spiro atoms. The van der Waals surface area contributed by atoms with Crippen molar-refractivity contribution in [3.63, 3.8) is 0 Å². The summed E-state index contributed by atoms with van der Waals surface area (Å²) in [6.45, 7) is 10.1. The van der Waals surface area contributed by atoms with Gasteiger partial charge in [0.25, 0.3) is 0 Å². The van der Waals surface area contributed by atoms with Crippen molar-refractivity contribution in [1.29, 1.82) is 0 Å². The van der Waals surface area contributed by atoms with Crippen LogP contribution in [0.15, 0.2) is 24.3 Å². The molecule has 18 heavy (non-hydrogen) atoms. The minimum Gasteiger partial charge on any atom is -0.379 e. The standard InChI is InChI=1S/C15H26N2O/c1-5-10-18-11-14(17-16)12-6-8-13(9-7-12)15(2,3)4/h6-9,14,17H,5,10-11,16H2,1-4H3. The summed E-state index contributed by atoms with van der Waals surface area (Å²) in [5.74, 6) is 5.58. The van der Waals surface area contributed by atoms with Gasteiger partial charge in [-0.25, -0.2) is 0 Å². The molecule has 3 N–H and O–H groups in total. The van der Waals surface area contributed by atoms with E-state index in [1.54, 1.807) is 0 Å². The minimum absolute atomic E-state index is 0.0607. The molecule has 0 heterocycles. The van der Waals surface area contributed by atoms with E-state index in [0.29, 0.717) is 6.61 Å². The van der Waals surface area contributed by atoms with Crippen LogP contribution < -0.4 is 11.3 Å². The van der Waals surface area contributed by atoms with Crippen LogP contribution in [0.25, 0.3) is 0 Å². The van der Waals surface area contributed by atoms with Gasteiger partial charge in [-0.15, -0.1) is 0 Å². The lowest BCUT2D eigenvalue weighted by Crippen LogP contribution is -2.31. The first kappa shape index (κ1) is 15.2. The van der Waals surface area contributed by atoms with Gasteiger partial charge in [0.1, 0.15) is 0 Å². The molecule has 0 bridgehead atoms. The van der Waals surface area contributed by atoms with E-state index in [-0.39, 0.29) is 11.5 Å². The third kappa shape index (κ3) is 4.41. The first-order valence-electron chi connectivity index (χ1n) is 6.63. The van der Waals surface area contributed by atoms with Gasteiger partial charge in [-0.05, 0) is 23.0 Å². The van der Waals surface area contributed by atoms with Crippen molar-refractivity contribution in [2.24, 2.45) is 5.84 Å². The molecule has 1 rings (SSSR count). The summed E-state index contributed by atoms with van der Waals surface area (Å²) >= 11 is 0. The molecular weight excluding hydrogens is 224 g/mol. The SMILES string of the molecule is CCCOCC(NN)c1ccc(C(C)(C)C)cc1. The van der Waals surface area contributed by atoms with Gasteiger partial charge in [-0.2, -0.15) is 0 Å². The highest BCUT2D eigenvalue weighted by Crippen LogP contribution is 2.23. The molecule has 3 heteroatoms. The number of ether oxygens (including phenoxy) is 1. The van der Waals surface area contributed by atoms with Gasteiger partial charge in [-0.1, -0.05) is 52.0 Å². The lowest BCUT2D eigenvalue weighted by Gasteiger charge is -2.21. The van der Waals surface area contributed by atoms with Crippen LogP contribution >= 0.6 is 0 Å². The van der Waals surface area contributed by atoms with Gasteiger partial charge in [0.15, 0.2) is 0 Å². The van der Waals surface area contributed by atoms with Crippen LogP contribution in [0.5, 0.6) is 0 Å². The first-order valence-corrected chi connectivity index (χ1v) is 6.63. The van der Waals surface area contributed by atoms with E-state index < -0.39 is 0 Å². The number of nitrogens with two attached hydrogens (primary N) is 1. The molecule has 1 unspecified atom stereocenters. The molecule has 0 aliphatic carbocycles. The summed E-state index contributed by atoms with van der Waals surface area (Å²) in [7, 11) is 0. The second kappa shape index (κ2) is 6.88. The molecule has 0 saturated heterocycles. The monoisotopic (exact) mass is 250 g/mol. The third-order valence-electron chi connectivity index (χ3n) is 3.01. The summed E-state index contributed by atoms with van der Waals surface area (Å²) in [6.07, 6.45) is 1.03. The zero-order chi connectivity index (χ0) is 13.6. The number of hydrogen-bond acceptors (Lipinski definition) is 3. The Morgan fingerprint density at radius 3 is 2.28 bits per heavy atom. The van der Waals surface area contributed by atoms with Gasteiger partial charge in [0.05, 0.1) is 12.6 Å². The Labute approximate surface area is 111 Å². The zero-order valence-electron chi connectivity index (χ0n) is 12.0. The predicted molar refractivity (Wildman–Crippen MR) is 76.3 cm³/mol. The van der Waals surface area contributed by atoms with E-state index in [1.807, 2.05) is 0 Å². The van der Waals surface area contributed by atoms with Gasteiger partial charge in [-0.3, -0.25) is 11.3 Å². The van der Waals surface area contributed by atoms with Gasteiger partial charge in [0.2, 0.25) is 0 Å². The van der Waals surface area contributed by atoms with Crippen molar-refractivity contribution in [2.75, 3.05) is 13.2 Å². The first-order chi connectivity index (χ1) is 8.49. The number of nitrogens with one attached hydrogen (secondary N) is 1. The van der Waals surface area contributed by atoms with E-state index in [9.17, 15) is 0 Å². The van der Waals surface area contributed by atoms with Crippen LogP contribution in [-0.4, -0.2) is 13.2 Å². The lowest BCUT2D eigenvalue weighted by molar-refractivity contribution is 0.112. The topological polar surface area (TPSA) is 47.3 Å². The van der Waals surface area contributed by atoms with E-state index in [0.717, 1.165) is 13.0 Å². The Balaban J connectivity index is 2.69. The molecule has 1 atom stereocenters. The fourth-order valence-corrected chi connectivity index (χ4v) is 1.80. The van der Waals surface area contributed by atoms with E-state index in [2.05, 4.69) is 57.4 Å². The van der Waals surface area contributed by atoms with Crippen molar-refractivity contribution in [1.82, 2.24) is 5.43 Å². The predicted octanol–water partition coefficient (Wildman–Crippen LogP) is 2.92. The number of benzene rings is 1. The molecule has 0 saturated carbocycles. The Kier molecular flexibility index (Phi) is 5.79. The Morgan fingerprint density at radius 1 is 1.22 bits per heavy atom. The maximum atomic E-state index is 5.58. The van der Waals surface area contributed by atoms with Gasteiger partial charge < -0.3 is 4.74 Å². The van der Waals surface area contributed by atoms with Crippen molar-refractivity contribution in [3.05, 3.63) is 35.4 Å². The normalized spacial score (nSPS) is 13.6. The quantitative estimate of drug-likeness (QED) is 0.463. The molecule has 0 fully saturated rings. The van der Waals surface area contributed by atoms with E-state index >= 15 is 0 Å². The van der Waals surface area contributed by atoms with E-state index in [1.165, 1.54) is 11.1 Å². The van der Waals surface area contributed by atoms with E-state index in [4.69, 9.17) is 10.6 Å². The molecule has 0 radical (unpaired) electrons.